The van der Waals surface area contributed by atoms with Crippen LogP contribution in [0.15, 0.2) is 29.3 Å². The standard InChI is InChI=1S/C13H14N2O/c1-4-5-10-9(2)14-8-11-12(16)6-7-15(3)13(10)11/h4-8H,1-3H3/b5-4-. The van der Waals surface area contributed by atoms with Crippen LogP contribution in [-0.4, -0.2) is 9.55 Å². The van der Waals surface area contributed by atoms with Crippen molar-refractivity contribution in [2.24, 2.45) is 7.05 Å². The van der Waals surface area contributed by atoms with E-state index < -0.39 is 0 Å². The van der Waals surface area contributed by atoms with Crippen molar-refractivity contribution < 1.29 is 0 Å². The average molecular weight is 214 g/mol. The predicted molar refractivity (Wildman–Crippen MR) is 66.4 cm³/mol. The van der Waals surface area contributed by atoms with E-state index in [-0.39, 0.29) is 5.43 Å². The Hall–Kier alpha value is -1.90. The van der Waals surface area contributed by atoms with E-state index in [2.05, 4.69) is 4.98 Å². The molecule has 0 bridgehead atoms. The van der Waals surface area contributed by atoms with Crippen molar-refractivity contribution in [3.63, 3.8) is 0 Å². The van der Waals surface area contributed by atoms with Crippen LogP contribution in [0.5, 0.6) is 0 Å². The molecule has 3 heteroatoms. The maximum absolute atomic E-state index is 11.7. The lowest BCUT2D eigenvalue weighted by molar-refractivity contribution is 0.944. The third-order valence-corrected chi connectivity index (χ3v) is 2.69. The summed E-state index contributed by atoms with van der Waals surface area (Å²) in [6.45, 7) is 3.91. The monoisotopic (exact) mass is 214 g/mol. The first-order chi connectivity index (χ1) is 7.65. The van der Waals surface area contributed by atoms with Gasteiger partial charge < -0.3 is 4.57 Å². The largest absolute Gasteiger partial charge is 0.350 e. The smallest absolute Gasteiger partial charge is 0.190 e. The lowest BCUT2D eigenvalue weighted by Gasteiger charge is -2.09. The molecule has 0 amide bonds. The third-order valence-electron chi connectivity index (χ3n) is 2.69. The zero-order valence-corrected chi connectivity index (χ0v) is 9.69. The van der Waals surface area contributed by atoms with Crippen LogP contribution >= 0.6 is 0 Å². The fraction of sp³-hybridized carbons (Fsp3) is 0.231. The van der Waals surface area contributed by atoms with Gasteiger partial charge in [-0.3, -0.25) is 9.78 Å². The van der Waals surface area contributed by atoms with Crippen LogP contribution in [0.1, 0.15) is 18.2 Å². The molecule has 0 saturated heterocycles. The van der Waals surface area contributed by atoms with Crippen LogP contribution in [0.2, 0.25) is 0 Å². The molecule has 16 heavy (non-hydrogen) atoms. The zero-order valence-electron chi connectivity index (χ0n) is 9.69. The summed E-state index contributed by atoms with van der Waals surface area (Å²) in [6.07, 6.45) is 7.39. The molecule has 0 aliphatic carbocycles. The Morgan fingerprint density at radius 3 is 2.88 bits per heavy atom. The Morgan fingerprint density at radius 2 is 2.19 bits per heavy atom. The first kappa shape index (κ1) is 10.6. The lowest BCUT2D eigenvalue weighted by atomic mass is 10.1. The van der Waals surface area contributed by atoms with Crippen molar-refractivity contribution in [1.82, 2.24) is 9.55 Å². The molecule has 0 aliphatic heterocycles. The van der Waals surface area contributed by atoms with Crippen LogP contribution in [0.25, 0.3) is 17.0 Å². The first-order valence-corrected chi connectivity index (χ1v) is 5.22. The second kappa shape index (κ2) is 3.93. The number of nitrogens with zero attached hydrogens (tertiary/aromatic N) is 2. The number of allylic oxidation sites excluding steroid dienone is 1. The van der Waals surface area contributed by atoms with Crippen LogP contribution in [0, 0.1) is 6.92 Å². The van der Waals surface area contributed by atoms with E-state index in [1.54, 1.807) is 18.5 Å². The quantitative estimate of drug-likeness (QED) is 0.730. The highest BCUT2D eigenvalue weighted by molar-refractivity contribution is 5.87. The van der Waals surface area contributed by atoms with Gasteiger partial charge in [0.25, 0.3) is 0 Å². The van der Waals surface area contributed by atoms with E-state index in [0.717, 1.165) is 16.8 Å². The van der Waals surface area contributed by atoms with Gasteiger partial charge in [-0.05, 0) is 13.8 Å². The van der Waals surface area contributed by atoms with Crippen molar-refractivity contribution in [2.75, 3.05) is 0 Å². The number of hydrogen-bond acceptors (Lipinski definition) is 2. The van der Waals surface area contributed by atoms with Crippen molar-refractivity contribution in [1.29, 1.82) is 0 Å². The van der Waals surface area contributed by atoms with Gasteiger partial charge in [0, 0.05) is 36.8 Å². The molecule has 0 saturated carbocycles. The summed E-state index contributed by atoms with van der Waals surface area (Å²) in [7, 11) is 1.94. The normalized spacial score (nSPS) is 11.4. The Balaban J connectivity index is 3.02. The van der Waals surface area contributed by atoms with Crippen molar-refractivity contribution in [2.45, 2.75) is 13.8 Å². The summed E-state index contributed by atoms with van der Waals surface area (Å²) in [5, 5.41) is 0.670. The molecule has 0 N–H and O–H groups in total. The molecule has 3 nitrogen and oxygen atoms in total. The second-order valence-electron chi connectivity index (χ2n) is 3.81. The number of hydrogen-bond donors (Lipinski definition) is 0. The number of aryl methyl sites for hydroxylation is 2. The van der Waals surface area contributed by atoms with Gasteiger partial charge in [0.2, 0.25) is 0 Å². The molecule has 82 valence electrons. The van der Waals surface area contributed by atoms with Crippen molar-refractivity contribution in [3.05, 3.63) is 46.0 Å². The average Bonchev–Trinajstić information content (AvgIpc) is 2.27. The highest BCUT2D eigenvalue weighted by atomic mass is 16.1. The molecule has 2 aromatic heterocycles. The van der Waals surface area contributed by atoms with Gasteiger partial charge in [-0.2, -0.15) is 0 Å². The minimum absolute atomic E-state index is 0.0198. The highest BCUT2D eigenvalue weighted by Crippen LogP contribution is 2.18. The Morgan fingerprint density at radius 1 is 1.44 bits per heavy atom. The van der Waals surface area contributed by atoms with E-state index >= 15 is 0 Å². The molecule has 0 spiro atoms. The number of aromatic nitrogens is 2. The van der Waals surface area contributed by atoms with E-state index in [1.165, 1.54) is 0 Å². The van der Waals surface area contributed by atoms with Gasteiger partial charge in [-0.25, -0.2) is 0 Å². The van der Waals surface area contributed by atoms with Crippen molar-refractivity contribution in [3.8, 4) is 0 Å². The summed E-state index contributed by atoms with van der Waals surface area (Å²) >= 11 is 0. The van der Waals surface area contributed by atoms with Gasteiger partial charge in [0.15, 0.2) is 5.43 Å². The predicted octanol–water partition coefficient (Wildman–Crippen LogP) is 2.28. The first-order valence-electron chi connectivity index (χ1n) is 5.22. The summed E-state index contributed by atoms with van der Waals surface area (Å²) < 4.78 is 1.96. The molecular weight excluding hydrogens is 200 g/mol. The zero-order chi connectivity index (χ0) is 11.7. The molecule has 0 atom stereocenters. The maximum atomic E-state index is 11.7. The van der Waals surface area contributed by atoms with Crippen molar-refractivity contribution >= 4 is 17.0 Å². The lowest BCUT2D eigenvalue weighted by Crippen LogP contribution is -2.08. The van der Waals surface area contributed by atoms with Crippen LogP contribution in [0.3, 0.4) is 0 Å². The van der Waals surface area contributed by atoms with Gasteiger partial charge in [0.1, 0.15) is 0 Å². The highest BCUT2D eigenvalue weighted by Gasteiger charge is 2.07. The molecule has 2 aromatic rings. The van der Waals surface area contributed by atoms with E-state index in [0.29, 0.717) is 5.39 Å². The summed E-state index contributed by atoms with van der Waals surface area (Å²) in [6, 6.07) is 1.57. The number of pyridine rings is 2. The number of fused-ring (bicyclic) bond motifs is 1. The third kappa shape index (κ3) is 1.54. The maximum Gasteiger partial charge on any atom is 0.190 e. The van der Waals surface area contributed by atoms with Gasteiger partial charge in [-0.1, -0.05) is 12.2 Å². The van der Waals surface area contributed by atoms with Crippen LogP contribution in [0.4, 0.5) is 0 Å². The van der Waals surface area contributed by atoms with Gasteiger partial charge in [0.05, 0.1) is 10.9 Å². The summed E-state index contributed by atoms with van der Waals surface area (Å²) in [5.74, 6) is 0. The molecule has 0 fully saturated rings. The minimum Gasteiger partial charge on any atom is -0.350 e. The van der Waals surface area contributed by atoms with E-state index in [4.69, 9.17) is 0 Å². The van der Waals surface area contributed by atoms with E-state index in [1.807, 2.05) is 37.6 Å². The molecule has 0 unspecified atom stereocenters. The molecule has 0 aliphatic rings. The Labute approximate surface area is 94.1 Å². The Bertz CT molecular complexity index is 624. The minimum atomic E-state index is 0.0198. The fourth-order valence-corrected chi connectivity index (χ4v) is 1.88. The molecule has 2 heterocycles. The molecular formula is C13H14N2O. The molecule has 0 aromatic carbocycles. The topological polar surface area (TPSA) is 34.9 Å². The summed E-state index contributed by atoms with van der Waals surface area (Å²) in [4.78, 5) is 16.0. The van der Waals surface area contributed by atoms with Gasteiger partial charge >= 0.3 is 0 Å². The number of rotatable bonds is 1. The summed E-state index contributed by atoms with van der Waals surface area (Å²) in [5.41, 5.74) is 2.91. The Kier molecular flexibility index (Phi) is 2.60. The van der Waals surface area contributed by atoms with Crippen LogP contribution in [-0.2, 0) is 7.05 Å². The van der Waals surface area contributed by atoms with Gasteiger partial charge in [-0.15, -0.1) is 0 Å². The second-order valence-corrected chi connectivity index (χ2v) is 3.81. The van der Waals surface area contributed by atoms with Crippen LogP contribution < -0.4 is 5.43 Å². The molecule has 2 rings (SSSR count). The van der Waals surface area contributed by atoms with E-state index in [9.17, 15) is 4.79 Å². The fourth-order valence-electron chi connectivity index (χ4n) is 1.88. The SMILES string of the molecule is C/C=C\c1c(C)ncc2c(=O)ccn(C)c12. The molecule has 0 radical (unpaired) electrons.